The zero-order chi connectivity index (χ0) is 24.4. The molecule has 1 saturated heterocycles. The number of anilines is 1. The van der Waals surface area contributed by atoms with Crippen LogP contribution in [0.25, 0.3) is 11.4 Å². The first-order valence-electron chi connectivity index (χ1n) is 12.4. The summed E-state index contributed by atoms with van der Waals surface area (Å²) in [5, 5.41) is 3.55. The summed E-state index contributed by atoms with van der Waals surface area (Å²) in [5.74, 6) is 3.19. The smallest absolute Gasteiger partial charge is 0.162 e. The van der Waals surface area contributed by atoms with Crippen LogP contribution in [0.4, 0.5) is 5.82 Å². The minimum atomic E-state index is 0.409. The van der Waals surface area contributed by atoms with Gasteiger partial charge in [-0.25, -0.2) is 9.97 Å². The predicted molar refractivity (Wildman–Crippen MR) is 141 cm³/mol. The molecular weight excluding hydrogens is 420 g/mol. The maximum Gasteiger partial charge on any atom is 0.162 e. The van der Waals surface area contributed by atoms with Crippen LogP contribution < -0.4 is 15.0 Å². The molecule has 0 spiro atoms. The molecule has 1 fully saturated rings. The number of benzene rings is 2. The van der Waals surface area contributed by atoms with E-state index in [9.17, 15) is 0 Å². The Morgan fingerprint density at radius 2 is 1.76 bits per heavy atom. The number of nitrogens with one attached hydrogen (secondary N) is 1. The monoisotopic (exact) mass is 458 g/mol. The quantitative estimate of drug-likeness (QED) is 0.500. The van der Waals surface area contributed by atoms with Crippen molar-refractivity contribution < 1.29 is 4.74 Å². The summed E-state index contributed by atoms with van der Waals surface area (Å²) in [6.45, 7) is 18.3. The maximum atomic E-state index is 6.42. The van der Waals surface area contributed by atoms with E-state index in [2.05, 4.69) is 95.1 Å². The first-order chi connectivity index (χ1) is 16.2. The molecule has 2 heterocycles. The van der Waals surface area contributed by atoms with E-state index in [4.69, 9.17) is 14.7 Å². The molecule has 0 bridgehead atoms. The lowest BCUT2D eigenvalue weighted by Gasteiger charge is -2.34. The van der Waals surface area contributed by atoms with Gasteiger partial charge in [0, 0.05) is 31.2 Å². The van der Waals surface area contributed by atoms with Gasteiger partial charge in [-0.3, -0.25) is 0 Å². The molecule has 5 heteroatoms. The molecule has 3 aromatic rings. The van der Waals surface area contributed by atoms with E-state index >= 15 is 0 Å². The van der Waals surface area contributed by atoms with E-state index in [-0.39, 0.29) is 0 Å². The molecule has 34 heavy (non-hydrogen) atoms. The van der Waals surface area contributed by atoms with Gasteiger partial charge in [0.05, 0.1) is 11.3 Å². The number of aryl methyl sites for hydroxylation is 4. The lowest BCUT2D eigenvalue weighted by Crippen LogP contribution is -2.50. The Morgan fingerprint density at radius 3 is 2.44 bits per heavy atom. The average molecular weight is 459 g/mol. The van der Waals surface area contributed by atoms with Gasteiger partial charge in [-0.05, 0) is 68.9 Å². The largest absolute Gasteiger partial charge is 0.488 e. The number of ether oxygens (including phenoxy) is 1. The van der Waals surface area contributed by atoms with Gasteiger partial charge < -0.3 is 15.0 Å². The number of nitrogens with zero attached hydrogens (tertiary/aromatic N) is 3. The fraction of sp³-hybridized carbons (Fsp3) is 0.448. The molecule has 1 aliphatic heterocycles. The molecular formula is C29H38N4O. The highest BCUT2D eigenvalue weighted by molar-refractivity contribution is 5.67. The predicted octanol–water partition coefficient (Wildman–Crippen LogP) is 5.88. The molecule has 0 radical (unpaired) electrons. The summed E-state index contributed by atoms with van der Waals surface area (Å²) in [4.78, 5) is 12.5. The third-order valence-electron chi connectivity index (χ3n) is 6.82. The van der Waals surface area contributed by atoms with Crippen molar-refractivity contribution in [1.82, 2.24) is 15.3 Å². The van der Waals surface area contributed by atoms with E-state index in [0.717, 1.165) is 59.4 Å². The molecule has 1 aliphatic rings. The molecule has 1 aromatic heterocycles. The molecule has 1 N–H and O–H groups in total. The molecule has 2 aromatic carbocycles. The van der Waals surface area contributed by atoms with Crippen LogP contribution in [0, 0.1) is 27.7 Å². The molecule has 1 atom stereocenters. The number of hydrogen-bond donors (Lipinski definition) is 1. The summed E-state index contributed by atoms with van der Waals surface area (Å²) < 4.78 is 6.42. The van der Waals surface area contributed by atoms with Crippen LogP contribution in [0.2, 0.25) is 0 Å². The van der Waals surface area contributed by atoms with E-state index in [1.165, 1.54) is 16.7 Å². The van der Waals surface area contributed by atoms with Gasteiger partial charge in [-0.2, -0.15) is 0 Å². The first-order valence-corrected chi connectivity index (χ1v) is 12.4. The van der Waals surface area contributed by atoms with Gasteiger partial charge in [0.2, 0.25) is 0 Å². The summed E-state index contributed by atoms with van der Waals surface area (Å²) in [6, 6.07) is 13.3. The number of rotatable bonds is 6. The third kappa shape index (κ3) is 5.10. The Morgan fingerprint density at radius 1 is 1.03 bits per heavy atom. The summed E-state index contributed by atoms with van der Waals surface area (Å²) >= 11 is 0. The fourth-order valence-electron chi connectivity index (χ4n) is 4.70. The van der Waals surface area contributed by atoms with Crippen LogP contribution in [-0.4, -0.2) is 35.6 Å². The van der Waals surface area contributed by atoms with Crippen molar-refractivity contribution in [1.29, 1.82) is 0 Å². The van der Waals surface area contributed by atoms with Crippen LogP contribution >= 0.6 is 0 Å². The normalized spacial score (nSPS) is 16.2. The minimum absolute atomic E-state index is 0.409. The lowest BCUT2D eigenvalue weighted by molar-refractivity contribution is 0.301. The maximum absolute atomic E-state index is 6.42. The Bertz CT molecular complexity index is 1150. The second-order valence-corrected chi connectivity index (χ2v) is 9.97. The molecule has 0 unspecified atom stereocenters. The van der Waals surface area contributed by atoms with Crippen molar-refractivity contribution in [2.24, 2.45) is 0 Å². The summed E-state index contributed by atoms with van der Waals surface area (Å²) in [5.41, 5.74) is 8.00. The van der Waals surface area contributed by atoms with Gasteiger partial charge in [-0.15, -0.1) is 0 Å². The van der Waals surface area contributed by atoms with Crippen LogP contribution in [0.3, 0.4) is 0 Å². The molecule has 0 aliphatic carbocycles. The molecule has 0 amide bonds. The van der Waals surface area contributed by atoms with Crippen molar-refractivity contribution in [3.05, 3.63) is 69.9 Å². The van der Waals surface area contributed by atoms with E-state index in [1.807, 2.05) is 0 Å². The van der Waals surface area contributed by atoms with E-state index in [1.54, 1.807) is 0 Å². The van der Waals surface area contributed by atoms with Gasteiger partial charge in [0.15, 0.2) is 5.82 Å². The lowest BCUT2D eigenvalue weighted by atomic mass is 10.0. The van der Waals surface area contributed by atoms with E-state index in [0.29, 0.717) is 18.6 Å². The highest BCUT2D eigenvalue weighted by Crippen LogP contribution is 2.31. The van der Waals surface area contributed by atoms with Crippen LogP contribution in [0.1, 0.15) is 60.2 Å². The number of piperazine rings is 1. The van der Waals surface area contributed by atoms with Crippen molar-refractivity contribution in [2.75, 3.05) is 24.5 Å². The molecule has 4 rings (SSSR count). The van der Waals surface area contributed by atoms with Crippen molar-refractivity contribution in [3.8, 4) is 17.1 Å². The van der Waals surface area contributed by atoms with Crippen LogP contribution in [-0.2, 0) is 6.61 Å². The second kappa shape index (κ2) is 10.1. The Labute approximate surface area is 204 Å². The third-order valence-corrected chi connectivity index (χ3v) is 6.82. The van der Waals surface area contributed by atoms with Crippen LogP contribution in [0.15, 0.2) is 36.4 Å². The average Bonchev–Trinajstić information content (AvgIpc) is 2.78. The van der Waals surface area contributed by atoms with Gasteiger partial charge in [-0.1, -0.05) is 44.2 Å². The molecule has 5 nitrogen and oxygen atoms in total. The second-order valence-electron chi connectivity index (χ2n) is 9.97. The Kier molecular flexibility index (Phi) is 7.22. The SMILES string of the molecule is Cc1ccc(C(C)C)cc1OCc1c(C)nc(-c2c(C)cccc2C)nc1N1CCN[C@@H](C)C1. The minimum Gasteiger partial charge on any atom is -0.488 e. The van der Waals surface area contributed by atoms with E-state index < -0.39 is 0 Å². The molecule has 0 saturated carbocycles. The topological polar surface area (TPSA) is 50.3 Å². The summed E-state index contributed by atoms with van der Waals surface area (Å²) in [6.07, 6.45) is 0. The van der Waals surface area contributed by atoms with Gasteiger partial charge in [0.25, 0.3) is 0 Å². The van der Waals surface area contributed by atoms with Crippen LogP contribution in [0.5, 0.6) is 5.75 Å². The summed E-state index contributed by atoms with van der Waals surface area (Å²) in [7, 11) is 0. The zero-order valence-corrected chi connectivity index (χ0v) is 21.7. The zero-order valence-electron chi connectivity index (χ0n) is 21.7. The fourth-order valence-corrected chi connectivity index (χ4v) is 4.70. The standard InChI is InChI=1S/C29H38N4O/c1-18(2)24-12-11-19(3)26(15-24)34-17-25-23(7)31-28(27-20(4)9-8-10-21(27)5)32-29(25)33-14-13-30-22(6)16-33/h8-12,15,18,22,30H,13-14,16-17H2,1-7H3/t22-/m0/s1. The first kappa shape index (κ1) is 24.2. The Hall–Kier alpha value is -2.92. The van der Waals surface area contributed by atoms with Crippen molar-refractivity contribution >= 4 is 5.82 Å². The molecule has 180 valence electrons. The number of hydrogen-bond acceptors (Lipinski definition) is 5. The van der Waals surface area contributed by atoms with Crippen molar-refractivity contribution in [2.45, 2.75) is 67.0 Å². The number of aromatic nitrogens is 2. The van der Waals surface area contributed by atoms with Crippen molar-refractivity contribution in [3.63, 3.8) is 0 Å². The Balaban J connectivity index is 1.75. The van der Waals surface area contributed by atoms with Gasteiger partial charge >= 0.3 is 0 Å². The highest BCUT2D eigenvalue weighted by atomic mass is 16.5. The highest BCUT2D eigenvalue weighted by Gasteiger charge is 2.24. The van der Waals surface area contributed by atoms with Gasteiger partial charge in [0.1, 0.15) is 18.2 Å².